The first-order chi connectivity index (χ1) is 21.3. The summed E-state index contributed by atoms with van der Waals surface area (Å²) in [6.07, 6.45) is -0.139. The molecule has 23 nitrogen and oxygen atoms in total. The number of ether oxygens (including phenoxy) is 1. The third kappa shape index (κ3) is 5.11. The number of furan rings is 1. The number of nitrogen functional groups attached to an aromatic ring is 1. The molecule has 3 atom stereocenters. The van der Waals surface area contributed by atoms with Crippen LogP contribution < -0.4 is 37.6 Å². The van der Waals surface area contributed by atoms with Crippen LogP contribution in [0.4, 0.5) is 5.95 Å². The fourth-order valence-corrected chi connectivity index (χ4v) is 6.47. The summed E-state index contributed by atoms with van der Waals surface area (Å²) in [7, 11) is -10.6. The summed E-state index contributed by atoms with van der Waals surface area (Å²) in [5, 5.41) is 29.6. The molecule has 45 heavy (non-hydrogen) atoms. The molecule has 0 spiro atoms. The Hall–Kier alpha value is -4.09. The number of nitrogens with two attached hydrogens (primary N) is 2. The Bertz CT molecular complexity index is 1850. The molecule has 1 saturated heterocycles. The van der Waals surface area contributed by atoms with Crippen molar-refractivity contribution in [3.8, 4) is 11.5 Å². The van der Waals surface area contributed by atoms with Gasteiger partial charge in [0.05, 0.1) is 0 Å². The molecule has 0 saturated carbocycles. The summed E-state index contributed by atoms with van der Waals surface area (Å²) in [5.74, 6) is -4.06. The second-order valence-electron chi connectivity index (χ2n) is 9.74. The average Bonchev–Trinajstić information content (AvgIpc) is 3.72. The molecule has 4 aliphatic heterocycles. The van der Waals surface area contributed by atoms with Crippen LogP contribution in [0, 0.1) is 0 Å². The van der Waals surface area contributed by atoms with Crippen LogP contribution in [0.3, 0.4) is 0 Å². The second-order valence-corrected chi connectivity index (χ2v) is 12.9. The number of hydrazine groups is 1. The van der Waals surface area contributed by atoms with Crippen molar-refractivity contribution in [2.45, 2.75) is 25.2 Å². The Morgan fingerprint density at radius 1 is 1.13 bits per heavy atom. The first kappa shape index (κ1) is 29.6. The van der Waals surface area contributed by atoms with Crippen LogP contribution in [0.25, 0.3) is 22.6 Å². The van der Waals surface area contributed by atoms with E-state index in [2.05, 4.69) is 31.0 Å². The fourth-order valence-electron chi connectivity index (χ4n) is 4.81. The first-order valence-electron chi connectivity index (χ1n) is 12.8. The van der Waals surface area contributed by atoms with Gasteiger partial charge in [-0.2, -0.15) is 0 Å². The Morgan fingerprint density at radius 3 is 2.73 bits per heavy atom. The van der Waals surface area contributed by atoms with E-state index in [0.717, 1.165) is 10.9 Å². The normalized spacial score (nSPS) is 28.6. The van der Waals surface area contributed by atoms with Gasteiger partial charge >= 0.3 is 250 Å². The summed E-state index contributed by atoms with van der Waals surface area (Å²) in [4.78, 5) is 65.3. The van der Waals surface area contributed by atoms with Crippen molar-refractivity contribution >= 4 is 44.9 Å². The number of aromatic amines is 1. The third-order valence-corrected chi connectivity index (χ3v) is 8.71. The van der Waals surface area contributed by atoms with Gasteiger partial charge in [-0.05, 0) is 0 Å². The molecule has 0 radical (unpaired) electrons. The molecule has 2 unspecified atom stereocenters. The maximum atomic E-state index is 12.3. The molecular weight excluding hydrogens is 650 g/mol. The van der Waals surface area contributed by atoms with Gasteiger partial charge in [0.2, 0.25) is 0 Å². The van der Waals surface area contributed by atoms with Gasteiger partial charge in [-0.15, -0.1) is 0 Å². The number of aromatic hydroxyl groups is 1. The van der Waals surface area contributed by atoms with E-state index in [1.165, 1.54) is 6.20 Å². The molecule has 7 rings (SSSR count). The van der Waals surface area contributed by atoms with Gasteiger partial charge in [-0.3, -0.25) is 0 Å². The van der Waals surface area contributed by atoms with Gasteiger partial charge in [-0.25, -0.2) is 0 Å². The Balaban J connectivity index is 1.27. The van der Waals surface area contributed by atoms with E-state index in [-0.39, 0.29) is 29.5 Å². The molecule has 3 aromatic rings. The maximum absolute atomic E-state index is 12.3. The fraction of sp³-hybridized carbons (Fsp3) is 0.250. The van der Waals surface area contributed by atoms with Gasteiger partial charge in [0.15, 0.2) is 0 Å². The number of anilines is 1. The first-order valence-corrected chi connectivity index (χ1v) is 16.2. The SMILES string of the molecule is Nc1nc2c(ncn2C2=C3O[PH](O)(O)OCc4oc(C5=CNN6C(N)NCNC56)c(O)c4O[PH](O)(O)O/C=C(/O2)[C@H]3O)c(=O)[nH]1. The van der Waals surface area contributed by atoms with Crippen molar-refractivity contribution in [3.05, 3.63) is 52.2 Å². The molecule has 25 heteroatoms. The number of imidazole rings is 1. The molecule has 7 heterocycles. The predicted octanol–water partition coefficient (Wildman–Crippen LogP) is -3.33. The zero-order chi connectivity index (χ0) is 31.8. The number of aromatic nitrogens is 4. The van der Waals surface area contributed by atoms with E-state index < -0.39 is 81.7 Å². The molecule has 0 aromatic carbocycles. The monoisotopic (exact) mass is 676 g/mol. The molecule has 2 bridgehead atoms. The number of aliphatic hydroxyl groups is 1. The minimum absolute atomic E-state index is 0.176. The Morgan fingerprint density at radius 2 is 1.93 bits per heavy atom. The van der Waals surface area contributed by atoms with Crippen LogP contribution in [0.1, 0.15) is 11.5 Å². The van der Waals surface area contributed by atoms with Crippen molar-refractivity contribution < 1.29 is 57.0 Å². The molecule has 244 valence electrons. The van der Waals surface area contributed by atoms with Crippen LogP contribution in [0.15, 0.2) is 39.5 Å². The summed E-state index contributed by atoms with van der Waals surface area (Å²) < 4.78 is 33.1. The van der Waals surface area contributed by atoms with Crippen molar-refractivity contribution in [2.24, 2.45) is 5.73 Å². The number of rotatable bonds is 2. The number of hydrogen-bond acceptors (Lipinski definition) is 21. The Labute approximate surface area is 249 Å². The van der Waals surface area contributed by atoms with Gasteiger partial charge in [0, 0.05) is 0 Å². The van der Waals surface area contributed by atoms with Crippen molar-refractivity contribution in [1.29, 1.82) is 0 Å². The predicted molar refractivity (Wildman–Crippen MR) is 150 cm³/mol. The molecule has 0 aliphatic carbocycles. The quantitative estimate of drug-likeness (QED) is 0.118. The molecule has 1 fully saturated rings. The molecule has 4 aliphatic rings. The number of H-pyrrole nitrogens is 1. The summed E-state index contributed by atoms with van der Waals surface area (Å²) in [6, 6.07) is 0. The van der Waals surface area contributed by atoms with E-state index in [1.54, 1.807) is 5.01 Å². The average molecular weight is 676 g/mol. The summed E-state index contributed by atoms with van der Waals surface area (Å²) >= 11 is 0. The van der Waals surface area contributed by atoms with Crippen LogP contribution in [0.5, 0.6) is 11.5 Å². The Kier molecular flexibility index (Phi) is 6.90. The number of hydrogen-bond donors (Lipinski definition) is 12. The number of fused-ring (bicyclic) bond motifs is 5. The van der Waals surface area contributed by atoms with Crippen LogP contribution in [-0.4, -0.2) is 79.5 Å². The van der Waals surface area contributed by atoms with Crippen LogP contribution in [-0.2, 0) is 24.9 Å². The van der Waals surface area contributed by atoms with E-state index >= 15 is 0 Å². The third-order valence-electron chi connectivity index (χ3n) is 6.80. The zero-order valence-electron chi connectivity index (χ0n) is 22.4. The van der Waals surface area contributed by atoms with Crippen molar-refractivity contribution in [1.82, 2.24) is 40.6 Å². The van der Waals surface area contributed by atoms with Crippen LogP contribution in [0.2, 0.25) is 0 Å². The van der Waals surface area contributed by atoms with Crippen molar-refractivity contribution in [2.75, 3.05) is 12.4 Å². The van der Waals surface area contributed by atoms with Gasteiger partial charge < -0.3 is 0 Å². The van der Waals surface area contributed by atoms with Gasteiger partial charge in [-0.1, -0.05) is 0 Å². The number of nitrogens with zero attached hydrogens (tertiary/aromatic N) is 4. The van der Waals surface area contributed by atoms with E-state index in [9.17, 15) is 34.6 Å². The van der Waals surface area contributed by atoms with Crippen LogP contribution >= 0.6 is 16.3 Å². The van der Waals surface area contributed by atoms with E-state index in [4.69, 9.17) is 38.7 Å². The van der Waals surface area contributed by atoms with E-state index in [0.29, 0.717) is 11.8 Å². The topological polar surface area (TPSA) is 336 Å². The molecular formula is C20H26N10O13P2. The number of aliphatic hydroxyl groups excluding tert-OH is 1. The summed E-state index contributed by atoms with van der Waals surface area (Å²) in [5.41, 5.74) is 13.8. The van der Waals surface area contributed by atoms with Crippen molar-refractivity contribution in [3.63, 3.8) is 0 Å². The summed E-state index contributed by atoms with van der Waals surface area (Å²) in [6.45, 7) is -0.591. The zero-order valence-corrected chi connectivity index (χ0v) is 24.4. The number of nitrogens with one attached hydrogen (secondary N) is 4. The molecule has 0 amide bonds. The van der Waals surface area contributed by atoms with Gasteiger partial charge in [0.25, 0.3) is 0 Å². The molecule has 14 N–H and O–H groups in total. The van der Waals surface area contributed by atoms with Gasteiger partial charge in [0.1, 0.15) is 0 Å². The minimum atomic E-state index is -5.30. The standard InChI is InChI=1S/C20H26N10O13P2/c21-19-27-16-9(17(33)28-19)25-5-29(16)18-14-10(31)7(41-18)2-38-44(34,35)42-13-8(3-39-45(36,37)43-14)40-12(11(13)32)6-1-26-30-15(6)23-4-24-20(30)22/h1-2,5,10,15,20,23-24,26,31-32,34-37,44-45H,3-4,22H2,(H3,21,27,28,33)/b7-2+/t10-,15?,20?/m1/s1. The molecule has 3 aromatic heterocycles. The second kappa shape index (κ2) is 10.5. The van der Waals surface area contributed by atoms with E-state index in [1.807, 2.05) is 0 Å².